The van der Waals surface area contributed by atoms with E-state index in [1.54, 1.807) is 17.9 Å². The van der Waals surface area contributed by atoms with Crippen LogP contribution in [-0.4, -0.2) is 28.4 Å². The van der Waals surface area contributed by atoms with E-state index in [4.69, 9.17) is 22.1 Å². The topological polar surface area (TPSA) is 66.0 Å². The Balaban J connectivity index is 2.50. The second-order valence-corrected chi connectivity index (χ2v) is 4.29. The molecule has 0 aliphatic carbocycles. The van der Waals surface area contributed by atoms with Crippen LogP contribution in [0.3, 0.4) is 0 Å². The lowest BCUT2D eigenvalue weighted by molar-refractivity contribution is 0.416. The molecule has 0 saturated carbocycles. The molecule has 0 aliphatic heterocycles. The molecule has 0 radical (unpaired) electrons. The van der Waals surface area contributed by atoms with Crippen LogP contribution >= 0.6 is 11.6 Å². The zero-order valence-corrected chi connectivity index (χ0v) is 11.1. The number of ether oxygens (including phenoxy) is 1. The van der Waals surface area contributed by atoms with Crippen molar-refractivity contribution in [3.05, 3.63) is 29.0 Å². The first-order chi connectivity index (χ1) is 8.65. The maximum absolute atomic E-state index is 6.01. The Labute approximate surface area is 111 Å². The van der Waals surface area contributed by atoms with Gasteiger partial charge in [0.15, 0.2) is 11.6 Å². The molecule has 1 heterocycles. The van der Waals surface area contributed by atoms with Crippen LogP contribution in [0, 0.1) is 0 Å². The van der Waals surface area contributed by atoms with Crippen molar-refractivity contribution < 1.29 is 4.74 Å². The van der Waals surface area contributed by atoms with E-state index in [-0.39, 0.29) is 0 Å². The van der Waals surface area contributed by atoms with E-state index in [2.05, 4.69) is 10.1 Å². The maximum atomic E-state index is 6.01. The number of benzene rings is 1. The Hall–Kier alpha value is -1.59. The van der Waals surface area contributed by atoms with Crippen molar-refractivity contribution in [2.45, 2.75) is 6.42 Å². The van der Waals surface area contributed by atoms with E-state index in [9.17, 15) is 0 Å². The Morgan fingerprint density at radius 2 is 2.22 bits per heavy atom. The van der Waals surface area contributed by atoms with Gasteiger partial charge in [0.05, 0.1) is 12.7 Å². The lowest BCUT2D eigenvalue weighted by atomic mass is 10.2. The van der Waals surface area contributed by atoms with Crippen LogP contribution < -0.4 is 10.5 Å². The second-order valence-electron chi connectivity index (χ2n) is 3.86. The fourth-order valence-electron chi connectivity index (χ4n) is 1.76. The summed E-state index contributed by atoms with van der Waals surface area (Å²) in [5, 5.41) is 4.94. The van der Waals surface area contributed by atoms with E-state index in [1.807, 2.05) is 19.2 Å². The van der Waals surface area contributed by atoms with Gasteiger partial charge < -0.3 is 10.5 Å². The largest absolute Gasteiger partial charge is 0.496 e. The predicted octanol–water partition coefficient (Wildman–Crippen LogP) is 1.65. The summed E-state index contributed by atoms with van der Waals surface area (Å²) in [4.78, 5) is 4.45. The van der Waals surface area contributed by atoms with Gasteiger partial charge in [-0.3, -0.25) is 0 Å². The summed E-state index contributed by atoms with van der Waals surface area (Å²) in [6, 6.07) is 5.41. The van der Waals surface area contributed by atoms with Crippen molar-refractivity contribution in [2.75, 3.05) is 13.7 Å². The monoisotopic (exact) mass is 266 g/mol. The van der Waals surface area contributed by atoms with Gasteiger partial charge in [-0.25, -0.2) is 9.67 Å². The molecular formula is C12H15ClN4O. The van der Waals surface area contributed by atoms with Crippen molar-refractivity contribution in [1.82, 2.24) is 14.8 Å². The number of hydrogen-bond acceptors (Lipinski definition) is 4. The first kappa shape index (κ1) is 12.9. The predicted molar refractivity (Wildman–Crippen MR) is 70.8 cm³/mol. The number of halogens is 1. The summed E-state index contributed by atoms with van der Waals surface area (Å²) in [5.41, 5.74) is 6.33. The summed E-state index contributed by atoms with van der Waals surface area (Å²) in [6.45, 7) is 0.524. The van der Waals surface area contributed by atoms with E-state index < -0.39 is 0 Å². The molecule has 0 atom stereocenters. The van der Waals surface area contributed by atoms with Crippen molar-refractivity contribution in [1.29, 1.82) is 0 Å². The molecule has 18 heavy (non-hydrogen) atoms. The van der Waals surface area contributed by atoms with Gasteiger partial charge in [-0.15, -0.1) is 0 Å². The lowest BCUT2D eigenvalue weighted by Crippen LogP contribution is -2.04. The van der Waals surface area contributed by atoms with Crippen molar-refractivity contribution >= 4 is 11.6 Å². The highest BCUT2D eigenvalue weighted by Crippen LogP contribution is 2.31. The molecule has 2 N–H and O–H groups in total. The third kappa shape index (κ3) is 2.47. The van der Waals surface area contributed by atoms with Gasteiger partial charge in [0.25, 0.3) is 0 Å². The number of hydrogen-bond donors (Lipinski definition) is 1. The van der Waals surface area contributed by atoms with Crippen LogP contribution in [0.25, 0.3) is 11.4 Å². The van der Waals surface area contributed by atoms with Crippen LogP contribution in [0.1, 0.15) is 5.82 Å². The summed E-state index contributed by atoms with van der Waals surface area (Å²) in [5.74, 6) is 2.16. The summed E-state index contributed by atoms with van der Waals surface area (Å²) >= 11 is 6.01. The fourth-order valence-corrected chi connectivity index (χ4v) is 1.93. The molecule has 0 spiro atoms. The fraction of sp³-hybridized carbons (Fsp3) is 0.333. The normalized spacial score (nSPS) is 10.7. The highest BCUT2D eigenvalue weighted by molar-refractivity contribution is 6.30. The van der Waals surface area contributed by atoms with Crippen LogP contribution in [-0.2, 0) is 13.5 Å². The molecule has 0 aliphatic rings. The zero-order chi connectivity index (χ0) is 13.1. The molecule has 0 fully saturated rings. The quantitative estimate of drug-likeness (QED) is 0.914. The zero-order valence-electron chi connectivity index (χ0n) is 10.4. The van der Waals surface area contributed by atoms with Crippen LogP contribution in [0.4, 0.5) is 0 Å². The minimum atomic E-state index is 0.524. The van der Waals surface area contributed by atoms with Gasteiger partial charge in [0, 0.05) is 18.5 Å². The number of aromatic nitrogens is 3. The van der Waals surface area contributed by atoms with Crippen molar-refractivity contribution in [2.24, 2.45) is 12.8 Å². The molecule has 1 aromatic carbocycles. The van der Waals surface area contributed by atoms with Crippen LogP contribution in [0.2, 0.25) is 5.02 Å². The van der Waals surface area contributed by atoms with Gasteiger partial charge in [0.2, 0.25) is 0 Å². The molecule has 2 rings (SSSR count). The van der Waals surface area contributed by atoms with Gasteiger partial charge in [0.1, 0.15) is 5.75 Å². The highest BCUT2D eigenvalue weighted by atomic mass is 35.5. The van der Waals surface area contributed by atoms with E-state index in [0.29, 0.717) is 23.7 Å². The Morgan fingerprint density at radius 3 is 2.89 bits per heavy atom. The van der Waals surface area contributed by atoms with E-state index in [1.165, 1.54) is 0 Å². The molecule has 0 unspecified atom stereocenters. The number of methoxy groups -OCH3 is 1. The number of nitrogens with two attached hydrogens (primary N) is 1. The third-order valence-electron chi connectivity index (χ3n) is 2.58. The Bertz CT molecular complexity index is 553. The first-order valence-electron chi connectivity index (χ1n) is 5.59. The van der Waals surface area contributed by atoms with E-state index >= 15 is 0 Å². The van der Waals surface area contributed by atoms with Crippen molar-refractivity contribution in [3.8, 4) is 17.1 Å². The smallest absolute Gasteiger partial charge is 0.161 e. The molecule has 0 bridgehead atoms. The van der Waals surface area contributed by atoms with Gasteiger partial charge in [-0.05, 0) is 24.7 Å². The maximum Gasteiger partial charge on any atom is 0.161 e. The van der Waals surface area contributed by atoms with Crippen LogP contribution in [0.5, 0.6) is 5.75 Å². The summed E-state index contributed by atoms with van der Waals surface area (Å²) in [6.07, 6.45) is 0.650. The highest BCUT2D eigenvalue weighted by Gasteiger charge is 2.14. The minimum Gasteiger partial charge on any atom is -0.496 e. The van der Waals surface area contributed by atoms with Gasteiger partial charge in [-0.1, -0.05) is 11.6 Å². The number of rotatable bonds is 4. The third-order valence-corrected chi connectivity index (χ3v) is 2.81. The SMILES string of the molecule is COc1ccc(Cl)cc1-c1nc(CCN)nn1C. The summed E-state index contributed by atoms with van der Waals surface area (Å²) in [7, 11) is 3.45. The molecule has 96 valence electrons. The number of aryl methyl sites for hydroxylation is 1. The second kappa shape index (κ2) is 5.37. The van der Waals surface area contributed by atoms with Gasteiger partial charge >= 0.3 is 0 Å². The minimum absolute atomic E-state index is 0.524. The van der Waals surface area contributed by atoms with Gasteiger partial charge in [-0.2, -0.15) is 5.10 Å². The molecule has 5 nitrogen and oxygen atoms in total. The Kier molecular flexibility index (Phi) is 3.84. The average molecular weight is 267 g/mol. The number of nitrogens with zero attached hydrogens (tertiary/aromatic N) is 3. The Morgan fingerprint density at radius 1 is 1.44 bits per heavy atom. The van der Waals surface area contributed by atoms with E-state index in [0.717, 1.165) is 17.2 Å². The average Bonchev–Trinajstić information content (AvgIpc) is 2.70. The summed E-state index contributed by atoms with van der Waals surface area (Å²) < 4.78 is 7.02. The first-order valence-corrected chi connectivity index (χ1v) is 5.97. The lowest BCUT2D eigenvalue weighted by Gasteiger charge is -2.07. The van der Waals surface area contributed by atoms with Crippen molar-refractivity contribution in [3.63, 3.8) is 0 Å². The standard InChI is InChI=1S/C12H15ClN4O/c1-17-12(15-11(16-17)5-6-14)9-7-8(13)3-4-10(9)18-2/h3-4,7H,5-6,14H2,1-2H3. The molecule has 0 saturated heterocycles. The molecule has 1 aromatic heterocycles. The molecule has 0 amide bonds. The molecule has 6 heteroatoms. The molecular weight excluding hydrogens is 252 g/mol. The van der Waals surface area contributed by atoms with Crippen LogP contribution in [0.15, 0.2) is 18.2 Å². The molecule has 2 aromatic rings.